The number of hydrogen-bond donors (Lipinski definition) is 2. The lowest BCUT2D eigenvalue weighted by atomic mass is 10.1. The molecule has 0 aliphatic carbocycles. The quantitative estimate of drug-likeness (QED) is 0.671. The SMILES string of the molecule is Cc1cc(C(=O)NCC(=O)NCc2cccc(Cn3ccnc3)c2)c(C)o1. The third-order valence-corrected chi connectivity index (χ3v) is 4.10. The van der Waals surface area contributed by atoms with Crippen molar-refractivity contribution in [1.29, 1.82) is 0 Å². The zero-order valence-corrected chi connectivity index (χ0v) is 15.4. The minimum atomic E-state index is -0.318. The largest absolute Gasteiger partial charge is 0.466 e. The summed E-state index contributed by atoms with van der Waals surface area (Å²) in [5, 5.41) is 5.42. The number of carbonyl (C=O) groups excluding carboxylic acids is 2. The van der Waals surface area contributed by atoms with E-state index in [0.717, 1.165) is 17.7 Å². The van der Waals surface area contributed by atoms with Crippen molar-refractivity contribution >= 4 is 11.8 Å². The first-order valence-corrected chi connectivity index (χ1v) is 8.67. The Hall–Kier alpha value is -3.35. The van der Waals surface area contributed by atoms with Gasteiger partial charge in [-0.3, -0.25) is 9.59 Å². The fraction of sp³-hybridized carbons (Fsp3) is 0.250. The molecular formula is C20H22N4O3. The van der Waals surface area contributed by atoms with Crippen LogP contribution in [0.2, 0.25) is 0 Å². The minimum absolute atomic E-state index is 0.0861. The second-order valence-electron chi connectivity index (χ2n) is 6.34. The smallest absolute Gasteiger partial charge is 0.255 e. The first-order valence-electron chi connectivity index (χ1n) is 8.67. The molecule has 7 nitrogen and oxygen atoms in total. The highest BCUT2D eigenvalue weighted by Crippen LogP contribution is 2.13. The van der Waals surface area contributed by atoms with Gasteiger partial charge in [-0.05, 0) is 31.0 Å². The highest BCUT2D eigenvalue weighted by molar-refractivity contribution is 5.97. The summed E-state index contributed by atoms with van der Waals surface area (Å²) in [6.45, 7) is 4.53. The molecule has 0 atom stereocenters. The molecule has 0 radical (unpaired) electrons. The molecule has 0 aliphatic heterocycles. The summed E-state index contributed by atoms with van der Waals surface area (Å²) in [5.74, 6) is 0.640. The number of furan rings is 1. The topological polar surface area (TPSA) is 89.2 Å². The van der Waals surface area contributed by atoms with Gasteiger partial charge in [0, 0.05) is 25.5 Å². The number of aromatic nitrogens is 2. The minimum Gasteiger partial charge on any atom is -0.466 e. The van der Waals surface area contributed by atoms with Crippen molar-refractivity contribution in [2.45, 2.75) is 26.9 Å². The van der Waals surface area contributed by atoms with E-state index in [1.165, 1.54) is 0 Å². The Balaban J connectivity index is 1.47. The van der Waals surface area contributed by atoms with Gasteiger partial charge in [-0.25, -0.2) is 4.98 Å². The number of carbonyl (C=O) groups is 2. The molecule has 2 amide bonds. The molecule has 2 heterocycles. The molecule has 0 bridgehead atoms. The van der Waals surface area contributed by atoms with Crippen molar-refractivity contribution in [1.82, 2.24) is 20.2 Å². The van der Waals surface area contributed by atoms with Crippen LogP contribution in [0.25, 0.3) is 0 Å². The van der Waals surface area contributed by atoms with Crippen molar-refractivity contribution in [3.05, 3.63) is 77.3 Å². The zero-order valence-electron chi connectivity index (χ0n) is 15.4. The van der Waals surface area contributed by atoms with Gasteiger partial charge in [0.1, 0.15) is 11.5 Å². The molecule has 2 aromatic heterocycles. The van der Waals surface area contributed by atoms with Gasteiger partial charge in [0.25, 0.3) is 5.91 Å². The average molecular weight is 366 g/mol. The van der Waals surface area contributed by atoms with Gasteiger partial charge >= 0.3 is 0 Å². The summed E-state index contributed by atoms with van der Waals surface area (Å²) in [6, 6.07) is 9.64. The number of amides is 2. The van der Waals surface area contributed by atoms with Crippen LogP contribution in [0.1, 0.15) is 33.0 Å². The standard InChI is InChI=1S/C20H22N4O3/c1-14-8-18(15(2)27-14)20(26)23-11-19(25)22-10-16-4-3-5-17(9-16)12-24-7-6-21-13-24/h3-9,13H,10-12H2,1-2H3,(H,22,25)(H,23,26). The molecule has 0 aliphatic rings. The van der Waals surface area contributed by atoms with Gasteiger partial charge in [0.15, 0.2) is 0 Å². The molecule has 1 aromatic carbocycles. The Morgan fingerprint density at radius 1 is 1.15 bits per heavy atom. The van der Waals surface area contributed by atoms with Crippen LogP contribution in [0, 0.1) is 13.8 Å². The Labute approximate surface area is 157 Å². The fourth-order valence-corrected chi connectivity index (χ4v) is 2.80. The number of benzene rings is 1. The van der Waals surface area contributed by atoms with Crippen molar-refractivity contribution in [3.8, 4) is 0 Å². The van der Waals surface area contributed by atoms with Gasteiger partial charge in [0.05, 0.1) is 18.4 Å². The van der Waals surface area contributed by atoms with Crippen molar-refractivity contribution in [2.75, 3.05) is 6.54 Å². The van der Waals surface area contributed by atoms with Crippen molar-refractivity contribution in [3.63, 3.8) is 0 Å². The molecule has 0 fully saturated rings. The molecule has 0 unspecified atom stereocenters. The molecule has 3 rings (SSSR count). The van der Waals surface area contributed by atoms with Gasteiger partial charge < -0.3 is 19.6 Å². The van der Waals surface area contributed by atoms with Crippen LogP contribution in [-0.4, -0.2) is 27.9 Å². The normalized spacial score (nSPS) is 10.6. The summed E-state index contributed by atoms with van der Waals surface area (Å²) < 4.78 is 7.31. The number of aryl methyl sites for hydroxylation is 2. The van der Waals surface area contributed by atoms with Gasteiger partial charge in [-0.1, -0.05) is 24.3 Å². The molecule has 27 heavy (non-hydrogen) atoms. The molecule has 2 N–H and O–H groups in total. The zero-order chi connectivity index (χ0) is 19.2. The van der Waals surface area contributed by atoms with Gasteiger partial charge in [-0.15, -0.1) is 0 Å². The number of imidazole rings is 1. The summed E-state index contributed by atoms with van der Waals surface area (Å²) in [5.41, 5.74) is 2.57. The molecule has 7 heteroatoms. The van der Waals surface area contributed by atoms with E-state index < -0.39 is 0 Å². The van der Waals surface area contributed by atoms with Gasteiger partial charge in [-0.2, -0.15) is 0 Å². The predicted octanol–water partition coefficient (Wildman–Crippen LogP) is 2.19. The maximum Gasteiger partial charge on any atom is 0.255 e. The molecule has 140 valence electrons. The van der Waals surface area contributed by atoms with Crippen LogP contribution in [0.5, 0.6) is 0 Å². The second-order valence-corrected chi connectivity index (χ2v) is 6.34. The molecule has 0 saturated heterocycles. The molecular weight excluding hydrogens is 344 g/mol. The molecule has 0 saturated carbocycles. The van der Waals surface area contributed by atoms with Crippen molar-refractivity contribution in [2.24, 2.45) is 0 Å². The Kier molecular flexibility index (Phi) is 5.71. The maximum atomic E-state index is 12.1. The number of hydrogen-bond acceptors (Lipinski definition) is 4. The Morgan fingerprint density at radius 2 is 1.96 bits per heavy atom. The van der Waals surface area contributed by atoms with Crippen LogP contribution < -0.4 is 10.6 Å². The predicted molar refractivity (Wildman–Crippen MR) is 100 cm³/mol. The second kappa shape index (κ2) is 8.35. The average Bonchev–Trinajstić information content (AvgIpc) is 3.27. The summed E-state index contributed by atoms with van der Waals surface area (Å²) >= 11 is 0. The summed E-state index contributed by atoms with van der Waals surface area (Å²) in [7, 11) is 0. The highest BCUT2D eigenvalue weighted by Gasteiger charge is 2.14. The third-order valence-electron chi connectivity index (χ3n) is 4.10. The first kappa shape index (κ1) is 18.4. The number of nitrogens with zero attached hydrogens (tertiary/aromatic N) is 2. The fourth-order valence-electron chi connectivity index (χ4n) is 2.80. The first-order chi connectivity index (χ1) is 13.0. The lowest BCUT2D eigenvalue weighted by molar-refractivity contribution is -0.120. The van der Waals surface area contributed by atoms with E-state index in [-0.39, 0.29) is 18.4 Å². The van der Waals surface area contributed by atoms with E-state index in [9.17, 15) is 9.59 Å². The third kappa shape index (κ3) is 5.07. The lowest BCUT2D eigenvalue weighted by Gasteiger charge is -2.09. The van der Waals surface area contributed by atoms with Crippen LogP contribution in [0.4, 0.5) is 0 Å². The lowest BCUT2D eigenvalue weighted by Crippen LogP contribution is -2.36. The monoisotopic (exact) mass is 366 g/mol. The Morgan fingerprint density at radius 3 is 2.67 bits per heavy atom. The Bertz CT molecular complexity index is 929. The van der Waals surface area contributed by atoms with E-state index in [0.29, 0.717) is 23.6 Å². The van der Waals surface area contributed by atoms with Crippen molar-refractivity contribution < 1.29 is 14.0 Å². The van der Waals surface area contributed by atoms with E-state index in [1.807, 2.05) is 35.0 Å². The summed E-state index contributed by atoms with van der Waals surface area (Å²) in [4.78, 5) is 28.1. The highest BCUT2D eigenvalue weighted by atomic mass is 16.3. The van der Waals surface area contributed by atoms with Crippen LogP contribution in [-0.2, 0) is 17.9 Å². The van der Waals surface area contributed by atoms with Crippen LogP contribution >= 0.6 is 0 Å². The number of nitrogens with one attached hydrogen (secondary N) is 2. The molecule has 3 aromatic rings. The summed E-state index contributed by atoms with van der Waals surface area (Å²) in [6.07, 6.45) is 5.41. The van der Waals surface area contributed by atoms with Crippen LogP contribution in [0.15, 0.2) is 53.5 Å². The van der Waals surface area contributed by atoms with E-state index in [1.54, 1.807) is 32.4 Å². The van der Waals surface area contributed by atoms with Crippen LogP contribution in [0.3, 0.4) is 0 Å². The van der Waals surface area contributed by atoms with E-state index in [4.69, 9.17) is 4.42 Å². The van der Waals surface area contributed by atoms with E-state index >= 15 is 0 Å². The number of rotatable bonds is 7. The maximum absolute atomic E-state index is 12.1. The van der Waals surface area contributed by atoms with Gasteiger partial charge in [0.2, 0.25) is 5.91 Å². The van der Waals surface area contributed by atoms with E-state index in [2.05, 4.69) is 15.6 Å². The molecule has 0 spiro atoms.